The van der Waals surface area contributed by atoms with E-state index in [-0.39, 0.29) is 48.9 Å². The number of aromatic nitrogens is 2. The minimum Gasteiger partial charge on any atom is -0.436 e. The average Bonchev–Trinajstić information content (AvgIpc) is 3.58. The number of oxazole rings is 1. The van der Waals surface area contributed by atoms with Crippen LogP contribution in [0, 0.1) is 0 Å². The fraction of sp³-hybridized carbons (Fsp3) is 0.519. The number of nitrogens with zero attached hydrogens (tertiary/aromatic N) is 5. The molecule has 1 N–H and O–H groups in total. The van der Waals surface area contributed by atoms with Crippen molar-refractivity contribution in [3.8, 4) is 0 Å². The minimum absolute atomic E-state index is 0.0152. The standard InChI is InChI=1S/C27H33ClN6O7S/c1-17-11-21-23(15-29-17)41-26(30-21)27(36)33-6-5-32(16-20(33)14-24(35)31-7-9-40-10-8-31)42(37,38)25-12-18-3-4-19(28)13-22(18)34(25)39-2/h3-4,12-13,17,20,29H,5-11,14-16H2,1-2H3. The van der Waals surface area contributed by atoms with Crippen LogP contribution in [-0.4, -0.2) is 109 Å². The van der Waals surface area contributed by atoms with Crippen molar-refractivity contribution < 1.29 is 32.0 Å². The van der Waals surface area contributed by atoms with E-state index in [1.807, 2.05) is 6.92 Å². The molecule has 2 unspecified atom stereocenters. The van der Waals surface area contributed by atoms with Gasteiger partial charge >= 0.3 is 5.91 Å². The highest BCUT2D eigenvalue weighted by Crippen LogP contribution is 2.30. The maximum atomic E-state index is 14.0. The number of sulfonamides is 1. The molecule has 13 nitrogen and oxygen atoms in total. The lowest BCUT2D eigenvalue weighted by Crippen LogP contribution is -2.58. The van der Waals surface area contributed by atoms with Crippen molar-refractivity contribution in [1.29, 1.82) is 0 Å². The van der Waals surface area contributed by atoms with Crippen LogP contribution in [0.4, 0.5) is 0 Å². The third kappa shape index (κ3) is 5.37. The molecule has 0 radical (unpaired) electrons. The summed E-state index contributed by atoms with van der Waals surface area (Å²) in [6, 6.07) is 6.02. The summed E-state index contributed by atoms with van der Waals surface area (Å²) in [5.74, 6) is -0.0706. The van der Waals surface area contributed by atoms with Crippen molar-refractivity contribution >= 4 is 44.3 Å². The number of hydrogen-bond donors (Lipinski definition) is 1. The highest BCUT2D eigenvalue weighted by Gasteiger charge is 2.41. The molecule has 0 bridgehead atoms. The molecule has 2 atom stereocenters. The van der Waals surface area contributed by atoms with E-state index in [0.29, 0.717) is 61.0 Å². The summed E-state index contributed by atoms with van der Waals surface area (Å²) in [5, 5.41) is 4.30. The van der Waals surface area contributed by atoms with Gasteiger partial charge in [0.1, 0.15) is 12.9 Å². The van der Waals surface area contributed by atoms with Crippen LogP contribution in [0.2, 0.25) is 5.02 Å². The zero-order valence-electron chi connectivity index (χ0n) is 23.4. The third-order valence-electron chi connectivity index (χ3n) is 8.03. The molecule has 6 rings (SSSR count). The normalized spacial score (nSPS) is 21.9. The number of ether oxygens (including phenoxy) is 1. The number of benzene rings is 1. The number of carbonyl (C=O) groups excluding carboxylic acids is 2. The molecule has 3 aromatic rings. The van der Waals surface area contributed by atoms with Gasteiger partial charge in [-0.05, 0) is 25.1 Å². The average molecular weight is 621 g/mol. The van der Waals surface area contributed by atoms with E-state index in [4.69, 9.17) is 25.6 Å². The Morgan fingerprint density at radius 2 is 1.95 bits per heavy atom. The van der Waals surface area contributed by atoms with Gasteiger partial charge in [0.15, 0.2) is 5.03 Å². The molecule has 0 aliphatic carbocycles. The lowest BCUT2D eigenvalue weighted by molar-refractivity contribution is -0.136. The zero-order chi connectivity index (χ0) is 29.6. The fourth-order valence-electron chi connectivity index (χ4n) is 5.78. The number of morpholine rings is 1. The summed E-state index contributed by atoms with van der Waals surface area (Å²) in [6.45, 7) is 4.23. The zero-order valence-corrected chi connectivity index (χ0v) is 25.0. The second-order valence-corrected chi connectivity index (χ2v) is 13.1. The van der Waals surface area contributed by atoms with Crippen molar-refractivity contribution in [2.75, 3.05) is 53.0 Å². The molecular weight excluding hydrogens is 588 g/mol. The van der Waals surface area contributed by atoms with Crippen LogP contribution in [0.1, 0.15) is 35.5 Å². The van der Waals surface area contributed by atoms with Gasteiger partial charge in [0, 0.05) is 62.0 Å². The van der Waals surface area contributed by atoms with Gasteiger partial charge in [0.2, 0.25) is 5.91 Å². The Labute approximate surface area is 248 Å². The third-order valence-corrected chi connectivity index (χ3v) is 10.1. The highest BCUT2D eigenvalue weighted by molar-refractivity contribution is 7.89. The smallest absolute Gasteiger partial charge is 0.310 e. The SMILES string of the molecule is COn1c(S(=O)(=O)N2CCN(C(=O)c3nc4c(o3)CNC(C)C4)C(CC(=O)N3CCOCC3)C2)cc2ccc(Cl)cc21. The lowest BCUT2D eigenvalue weighted by atomic mass is 10.1. The molecule has 0 saturated carbocycles. The number of rotatable bonds is 6. The highest BCUT2D eigenvalue weighted by atomic mass is 35.5. The molecule has 0 spiro atoms. The molecule has 1 aromatic carbocycles. The largest absolute Gasteiger partial charge is 0.436 e. The first-order chi connectivity index (χ1) is 20.2. The topological polar surface area (TPSA) is 139 Å². The van der Waals surface area contributed by atoms with E-state index < -0.39 is 22.0 Å². The second-order valence-electron chi connectivity index (χ2n) is 10.8. The molecule has 2 saturated heterocycles. The maximum absolute atomic E-state index is 14.0. The Hall–Kier alpha value is -3.17. The molecular formula is C27H33ClN6O7S. The molecule has 15 heteroatoms. The van der Waals surface area contributed by atoms with Gasteiger partial charge in [0.25, 0.3) is 15.9 Å². The number of carbonyl (C=O) groups is 2. The van der Waals surface area contributed by atoms with Crippen molar-refractivity contribution in [2.45, 2.75) is 43.4 Å². The van der Waals surface area contributed by atoms with Crippen LogP contribution in [0.5, 0.6) is 0 Å². The second kappa shape index (κ2) is 11.5. The van der Waals surface area contributed by atoms with Crippen LogP contribution in [0.25, 0.3) is 10.9 Å². The first-order valence-corrected chi connectivity index (χ1v) is 15.7. The molecule has 2 amide bonds. The summed E-state index contributed by atoms with van der Waals surface area (Å²) in [6.07, 6.45) is 0.579. The number of amides is 2. The predicted molar refractivity (Wildman–Crippen MR) is 152 cm³/mol. The summed E-state index contributed by atoms with van der Waals surface area (Å²) >= 11 is 6.16. The molecule has 5 heterocycles. The van der Waals surface area contributed by atoms with E-state index in [2.05, 4.69) is 10.3 Å². The van der Waals surface area contributed by atoms with Gasteiger partial charge < -0.3 is 29.1 Å². The van der Waals surface area contributed by atoms with Crippen molar-refractivity contribution in [3.05, 3.63) is 46.6 Å². The van der Waals surface area contributed by atoms with E-state index in [1.54, 1.807) is 23.1 Å². The minimum atomic E-state index is -4.10. The summed E-state index contributed by atoms with van der Waals surface area (Å²) in [5.41, 5.74) is 1.24. The monoisotopic (exact) mass is 620 g/mol. The van der Waals surface area contributed by atoms with Crippen LogP contribution >= 0.6 is 11.6 Å². The molecule has 3 aliphatic heterocycles. The Kier molecular flexibility index (Phi) is 7.91. The lowest BCUT2D eigenvalue weighted by Gasteiger charge is -2.40. The molecule has 42 heavy (non-hydrogen) atoms. The van der Waals surface area contributed by atoms with Crippen LogP contribution < -0.4 is 10.2 Å². The Morgan fingerprint density at radius 3 is 2.71 bits per heavy atom. The van der Waals surface area contributed by atoms with E-state index in [0.717, 1.165) is 5.69 Å². The van der Waals surface area contributed by atoms with E-state index in [1.165, 1.54) is 27.1 Å². The summed E-state index contributed by atoms with van der Waals surface area (Å²) < 4.78 is 41.7. The van der Waals surface area contributed by atoms with Crippen LogP contribution in [0.15, 0.2) is 33.7 Å². The van der Waals surface area contributed by atoms with Gasteiger partial charge in [-0.15, -0.1) is 0 Å². The summed E-state index contributed by atoms with van der Waals surface area (Å²) in [7, 11) is -2.72. The number of hydrogen-bond acceptors (Lipinski definition) is 9. The number of nitrogens with one attached hydrogen (secondary N) is 1. The van der Waals surface area contributed by atoms with Crippen molar-refractivity contribution in [2.24, 2.45) is 0 Å². The van der Waals surface area contributed by atoms with Crippen LogP contribution in [0.3, 0.4) is 0 Å². The quantitative estimate of drug-likeness (QED) is 0.430. The van der Waals surface area contributed by atoms with Gasteiger partial charge in [-0.2, -0.15) is 9.04 Å². The predicted octanol–water partition coefficient (Wildman–Crippen LogP) is 1.14. The molecule has 2 fully saturated rings. The first-order valence-electron chi connectivity index (χ1n) is 13.9. The number of fused-ring (bicyclic) bond motifs is 2. The Morgan fingerprint density at radius 1 is 1.17 bits per heavy atom. The Balaban J connectivity index is 1.30. The Bertz CT molecular complexity index is 1620. The molecule has 3 aliphatic rings. The van der Waals surface area contributed by atoms with Crippen molar-refractivity contribution in [1.82, 2.24) is 29.1 Å². The fourth-order valence-corrected chi connectivity index (χ4v) is 7.56. The van der Waals surface area contributed by atoms with Gasteiger partial charge in [0.05, 0.1) is 37.0 Å². The number of halogens is 1. The summed E-state index contributed by atoms with van der Waals surface area (Å²) in [4.78, 5) is 40.2. The van der Waals surface area contributed by atoms with Gasteiger partial charge in [-0.3, -0.25) is 9.59 Å². The maximum Gasteiger partial charge on any atom is 0.310 e. The van der Waals surface area contributed by atoms with Gasteiger partial charge in [-0.1, -0.05) is 17.7 Å². The van der Waals surface area contributed by atoms with Crippen molar-refractivity contribution in [3.63, 3.8) is 0 Å². The van der Waals surface area contributed by atoms with E-state index in [9.17, 15) is 18.0 Å². The van der Waals surface area contributed by atoms with Crippen LogP contribution in [-0.2, 0) is 32.5 Å². The van der Waals surface area contributed by atoms with E-state index >= 15 is 0 Å². The first kappa shape index (κ1) is 28.9. The number of piperazine rings is 1. The van der Waals surface area contributed by atoms with Gasteiger partial charge in [-0.25, -0.2) is 13.4 Å². The molecule has 2 aromatic heterocycles. The molecule has 226 valence electrons.